The molecule has 0 spiro atoms. The third-order valence-electron chi connectivity index (χ3n) is 4.49. The minimum atomic E-state index is -0.782. The van der Waals surface area contributed by atoms with Crippen molar-refractivity contribution in [1.29, 1.82) is 0 Å². The molecule has 2 aliphatic heterocycles. The van der Waals surface area contributed by atoms with Gasteiger partial charge in [0.2, 0.25) is 0 Å². The predicted octanol–water partition coefficient (Wildman–Crippen LogP) is 1.67. The Labute approximate surface area is 154 Å². The van der Waals surface area contributed by atoms with Gasteiger partial charge in [-0.25, -0.2) is 9.59 Å². The third-order valence-corrected chi connectivity index (χ3v) is 5.36. The van der Waals surface area contributed by atoms with E-state index in [1.807, 2.05) is 0 Å². The Balaban J connectivity index is 1.48. The van der Waals surface area contributed by atoms with Gasteiger partial charge in [0.1, 0.15) is 25.9 Å². The summed E-state index contributed by atoms with van der Waals surface area (Å²) in [6.45, 7) is -0.0658. The molecule has 0 amide bonds. The maximum Gasteiger partial charge on any atom is 0.508 e. The Kier molecular flexibility index (Phi) is 6.23. The molecular formula is C16H20O9S. The lowest BCUT2D eigenvalue weighted by atomic mass is 9.79. The maximum absolute atomic E-state index is 12.4. The van der Waals surface area contributed by atoms with Crippen LogP contribution in [0.5, 0.6) is 0 Å². The van der Waals surface area contributed by atoms with Crippen molar-refractivity contribution >= 4 is 35.2 Å². The molecule has 2 heterocycles. The van der Waals surface area contributed by atoms with E-state index in [0.717, 1.165) is 24.6 Å². The molecule has 0 aromatic rings. The highest BCUT2D eigenvalue weighted by Crippen LogP contribution is 2.32. The van der Waals surface area contributed by atoms with Crippen molar-refractivity contribution in [2.45, 2.75) is 37.9 Å². The molecule has 10 heteroatoms. The molecule has 9 nitrogen and oxygen atoms in total. The van der Waals surface area contributed by atoms with Gasteiger partial charge in [0.25, 0.3) is 0 Å². The van der Waals surface area contributed by atoms with Crippen molar-refractivity contribution in [1.82, 2.24) is 0 Å². The largest absolute Gasteiger partial charge is 0.508 e. The number of rotatable bonds is 6. The van der Waals surface area contributed by atoms with Gasteiger partial charge in [-0.1, -0.05) is 12.8 Å². The lowest BCUT2D eigenvalue weighted by Crippen LogP contribution is -2.37. The molecule has 0 N–H and O–H groups in total. The second kappa shape index (κ2) is 8.61. The number of cyclic esters (lactones) is 3. The summed E-state index contributed by atoms with van der Waals surface area (Å²) in [7, 11) is 0. The fourth-order valence-electron chi connectivity index (χ4n) is 3.15. The summed E-state index contributed by atoms with van der Waals surface area (Å²) < 4.78 is 24.9. The molecule has 0 bridgehead atoms. The van der Waals surface area contributed by atoms with E-state index in [-0.39, 0.29) is 25.1 Å². The highest BCUT2D eigenvalue weighted by atomic mass is 32.2. The summed E-state index contributed by atoms with van der Waals surface area (Å²) in [4.78, 5) is 46.7. The minimum absolute atomic E-state index is 0.00872. The summed E-state index contributed by atoms with van der Waals surface area (Å²) in [5.41, 5.74) is 0. The smallest absolute Gasteiger partial charge is 0.461 e. The zero-order valence-corrected chi connectivity index (χ0v) is 14.9. The zero-order valence-electron chi connectivity index (χ0n) is 14.0. The number of hydrogen-bond acceptors (Lipinski definition) is 10. The van der Waals surface area contributed by atoms with Crippen LogP contribution in [0.4, 0.5) is 9.59 Å². The van der Waals surface area contributed by atoms with Gasteiger partial charge in [0.05, 0.1) is 11.8 Å². The Bertz CT molecular complexity index is 528. The number of hydrogen-bond donors (Lipinski definition) is 0. The van der Waals surface area contributed by atoms with Crippen LogP contribution in [0.25, 0.3) is 0 Å². The molecule has 2 saturated heterocycles. The molecule has 0 aromatic carbocycles. The first-order valence-corrected chi connectivity index (χ1v) is 9.51. The topological polar surface area (TPSA) is 114 Å². The summed E-state index contributed by atoms with van der Waals surface area (Å²) >= 11 is 1.04. The normalized spacial score (nSPS) is 30.9. The van der Waals surface area contributed by atoms with Gasteiger partial charge in [-0.2, -0.15) is 0 Å². The SMILES string of the molecule is O=C1OCC(COC(=O)C2CCCCC2C(=O)OCC2CSC(=O)O2)O1. The van der Waals surface area contributed by atoms with Crippen LogP contribution >= 0.6 is 11.8 Å². The van der Waals surface area contributed by atoms with Gasteiger partial charge in [0.15, 0.2) is 6.10 Å². The van der Waals surface area contributed by atoms with E-state index in [2.05, 4.69) is 4.74 Å². The Morgan fingerprint density at radius 2 is 1.58 bits per heavy atom. The third kappa shape index (κ3) is 4.80. The molecule has 3 rings (SSSR count). The van der Waals surface area contributed by atoms with Crippen LogP contribution in [-0.2, 0) is 33.3 Å². The summed E-state index contributed by atoms with van der Waals surface area (Å²) in [6.07, 6.45) is 0.884. The van der Waals surface area contributed by atoms with E-state index in [1.165, 1.54) is 0 Å². The van der Waals surface area contributed by atoms with Gasteiger partial charge >= 0.3 is 23.4 Å². The molecule has 26 heavy (non-hydrogen) atoms. The van der Waals surface area contributed by atoms with E-state index in [0.29, 0.717) is 18.6 Å². The molecule has 3 fully saturated rings. The van der Waals surface area contributed by atoms with Gasteiger partial charge in [-0.15, -0.1) is 0 Å². The Morgan fingerprint density at radius 3 is 2.08 bits per heavy atom. The molecule has 3 aliphatic rings. The second-order valence-electron chi connectivity index (χ2n) is 6.36. The average Bonchev–Trinajstić information content (AvgIpc) is 3.25. The van der Waals surface area contributed by atoms with E-state index < -0.39 is 42.1 Å². The van der Waals surface area contributed by atoms with Gasteiger partial charge in [-0.3, -0.25) is 9.59 Å². The molecular weight excluding hydrogens is 368 g/mol. The molecule has 0 aromatic heterocycles. The second-order valence-corrected chi connectivity index (χ2v) is 7.31. The summed E-state index contributed by atoms with van der Waals surface area (Å²) in [5, 5.41) is -0.373. The first kappa shape index (κ1) is 18.8. The van der Waals surface area contributed by atoms with Gasteiger partial charge in [0, 0.05) is 5.75 Å². The predicted molar refractivity (Wildman–Crippen MR) is 86.3 cm³/mol. The maximum atomic E-state index is 12.4. The number of ether oxygens (including phenoxy) is 5. The molecule has 1 saturated carbocycles. The van der Waals surface area contributed by atoms with Crippen LogP contribution in [0.3, 0.4) is 0 Å². The fraction of sp³-hybridized carbons (Fsp3) is 0.750. The van der Waals surface area contributed by atoms with E-state index in [9.17, 15) is 19.2 Å². The average molecular weight is 388 g/mol. The van der Waals surface area contributed by atoms with Crippen molar-refractivity contribution in [2.24, 2.45) is 11.8 Å². The molecule has 144 valence electrons. The number of carbonyl (C=O) groups excluding carboxylic acids is 4. The van der Waals surface area contributed by atoms with Crippen LogP contribution in [-0.4, -0.2) is 61.2 Å². The van der Waals surface area contributed by atoms with Crippen molar-refractivity contribution in [3.8, 4) is 0 Å². The number of carbonyl (C=O) groups is 4. The number of esters is 2. The van der Waals surface area contributed by atoms with Crippen LogP contribution in [0.15, 0.2) is 0 Å². The Morgan fingerprint density at radius 1 is 0.962 bits per heavy atom. The lowest BCUT2D eigenvalue weighted by molar-refractivity contribution is -0.165. The van der Waals surface area contributed by atoms with E-state index in [1.54, 1.807) is 0 Å². The molecule has 0 radical (unpaired) electrons. The quantitative estimate of drug-likeness (QED) is 0.491. The highest BCUT2D eigenvalue weighted by Gasteiger charge is 2.39. The fourth-order valence-corrected chi connectivity index (χ4v) is 3.84. The lowest BCUT2D eigenvalue weighted by Gasteiger charge is -2.28. The van der Waals surface area contributed by atoms with Crippen molar-refractivity contribution in [3.63, 3.8) is 0 Å². The standard InChI is InChI=1S/C16H20O9S/c17-13(21-5-9-6-23-15(19)24-9)11-3-1-2-4-12(11)14(18)22-7-10-8-26-16(20)25-10/h9-12H,1-8H2. The molecule has 1 aliphatic carbocycles. The monoisotopic (exact) mass is 388 g/mol. The first-order chi connectivity index (χ1) is 12.5. The summed E-state index contributed by atoms with van der Waals surface area (Å²) in [5.74, 6) is -1.70. The highest BCUT2D eigenvalue weighted by molar-refractivity contribution is 8.13. The van der Waals surface area contributed by atoms with Crippen molar-refractivity contribution in [2.75, 3.05) is 25.6 Å². The Hall–Kier alpha value is -1.97. The summed E-state index contributed by atoms with van der Waals surface area (Å²) in [6, 6.07) is 0. The van der Waals surface area contributed by atoms with Crippen LogP contribution in [0.2, 0.25) is 0 Å². The van der Waals surface area contributed by atoms with Crippen LogP contribution in [0, 0.1) is 11.8 Å². The molecule has 4 unspecified atom stereocenters. The van der Waals surface area contributed by atoms with Crippen molar-refractivity contribution < 1.29 is 42.9 Å². The van der Waals surface area contributed by atoms with Crippen LogP contribution in [0.1, 0.15) is 25.7 Å². The molecule has 4 atom stereocenters. The van der Waals surface area contributed by atoms with Gasteiger partial charge < -0.3 is 23.7 Å². The first-order valence-electron chi connectivity index (χ1n) is 8.53. The van der Waals surface area contributed by atoms with Crippen molar-refractivity contribution in [3.05, 3.63) is 0 Å². The van der Waals surface area contributed by atoms with Gasteiger partial charge in [-0.05, 0) is 24.6 Å². The van der Waals surface area contributed by atoms with E-state index >= 15 is 0 Å². The van der Waals surface area contributed by atoms with Crippen LogP contribution < -0.4 is 0 Å². The van der Waals surface area contributed by atoms with E-state index in [4.69, 9.17) is 18.9 Å². The minimum Gasteiger partial charge on any atom is -0.461 e. The number of thioether (sulfide) groups is 1. The zero-order chi connectivity index (χ0) is 18.5.